The first-order valence-corrected chi connectivity index (χ1v) is 21.1. The van der Waals surface area contributed by atoms with Crippen LogP contribution in [0.2, 0.25) is 0 Å². The predicted octanol–water partition coefficient (Wildman–Crippen LogP) is 16.0. The molecule has 0 fully saturated rings. The molecule has 0 aliphatic heterocycles. The van der Waals surface area contributed by atoms with Gasteiger partial charge < -0.3 is 4.90 Å². The van der Waals surface area contributed by atoms with Crippen molar-refractivity contribution >= 4 is 50.3 Å². The third-order valence-corrected chi connectivity index (χ3v) is 13.7. The molecule has 3 aliphatic rings. The molecule has 0 spiro atoms. The number of benzene rings is 8. The maximum Gasteiger partial charge on any atom is 0.0540 e. The largest absolute Gasteiger partial charge is 0.310 e. The lowest BCUT2D eigenvalue weighted by Crippen LogP contribution is -2.18. The van der Waals surface area contributed by atoms with Crippen LogP contribution in [0.15, 0.2) is 170 Å². The van der Waals surface area contributed by atoms with E-state index in [1.807, 2.05) is 0 Å². The minimum atomic E-state index is 0.00500. The van der Waals surface area contributed by atoms with E-state index in [1.54, 1.807) is 5.57 Å². The van der Waals surface area contributed by atoms with Crippen molar-refractivity contribution in [2.24, 2.45) is 0 Å². The van der Waals surface area contributed by atoms with E-state index in [2.05, 4.69) is 203 Å². The summed E-state index contributed by atoms with van der Waals surface area (Å²) in [5, 5.41) is 5.06. The van der Waals surface area contributed by atoms with E-state index in [0.717, 1.165) is 41.9 Å². The van der Waals surface area contributed by atoms with Crippen LogP contribution in [0.3, 0.4) is 0 Å². The zero-order valence-electron chi connectivity index (χ0n) is 34.4. The van der Waals surface area contributed by atoms with Crippen molar-refractivity contribution in [1.82, 2.24) is 0 Å². The van der Waals surface area contributed by atoms with Crippen molar-refractivity contribution in [1.29, 1.82) is 0 Å². The second-order valence-electron chi connectivity index (χ2n) is 17.3. The first-order valence-electron chi connectivity index (χ1n) is 21.1. The van der Waals surface area contributed by atoms with Crippen LogP contribution in [-0.4, -0.2) is 0 Å². The Hall–Kier alpha value is -6.70. The Morgan fingerprint density at radius 2 is 1.29 bits per heavy atom. The Kier molecular flexibility index (Phi) is 8.07. The monoisotopic (exact) mass is 757 g/mol. The molecular weight excluding hydrogens is 711 g/mol. The van der Waals surface area contributed by atoms with Crippen LogP contribution < -0.4 is 4.90 Å². The Labute approximate surface area is 348 Å². The van der Waals surface area contributed by atoms with Crippen molar-refractivity contribution in [2.75, 3.05) is 4.90 Å². The summed E-state index contributed by atoms with van der Waals surface area (Å²) < 4.78 is 0. The van der Waals surface area contributed by atoms with Crippen molar-refractivity contribution in [3.05, 3.63) is 209 Å². The lowest BCUT2D eigenvalue weighted by atomic mass is 9.78. The molecule has 0 atom stereocenters. The molecule has 1 heteroatoms. The van der Waals surface area contributed by atoms with Gasteiger partial charge in [0.15, 0.2) is 0 Å². The van der Waals surface area contributed by atoms with Crippen LogP contribution in [0.1, 0.15) is 65.6 Å². The molecule has 59 heavy (non-hydrogen) atoms. The van der Waals surface area contributed by atoms with Gasteiger partial charge in [-0.05, 0) is 163 Å². The van der Waals surface area contributed by atoms with E-state index in [1.165, 1.54) is 93.9 Å². The molecule has 0 saturated carbocycles. The van der Waals surface area contributed by atoms with Gasteiger partial charge in [0.25, 0.3) is 0 Å². The summed E-state index contributed by atoms with van der Waals surface area (Å²) in [6.07, 6.45) is 9.91. The Balaban J connectivity index is 1.20. The number of rotatable bonds is 5. The molecule has 284 valence electrons. The number of anilines is 3. The SMILES string of the molecule is C=Cc1c(-c2ccccc2C)cccc1N(c1ccc2c(c1)C1=C(CCC=C1)C2(C)C)c1ccc2ccc3c4c(C)c(cc3c2c1)-c1ccccc1Cc1ccccc1-4. The summed E-state index contributed by atoms with van der Waals surface area (Å²) in [6, 6.07) is 54.9. The average molecular weight is 758 g/mol. The summed E-state index contributed by atoms with van der Waals surface area (Å²) in [7, 11) is 0. The molecule has 0 aromatic heterocycles. The fourth-order valence-electron chi connectivity index (χ4n) is 10.8. The second kappa shape index (κ2) is 13.4. The van der Waals surface area contributed by atoms with Gasteiger partial charge in [0.05, 0.1) is 5.69 Å². The van der Waals surface area contributed by atoms with Gasteiger partial charge in [-0.15, -0.1) is 0 Å². The van der Waals surface area contributed by atoms with Crippen LogP contribution in [0.25, 0.3) is 66.6 Å². The molecule has 0 amide bonds. The summed E-state index contributed by atoms with van der Waals surface area (Å²) >= 11 is 0. The third kappa shape index (κ3) is 5.38. The zero-order valence-corrected chi connectivity index (χ0v) is 34.4. The highest BCUT2D eigenvalue weighted by Crippen LogP contribution is 2.53. The van der Waals surface area contributed by atoms with Crippen LogP contribution in [0, 0.1) is 13.8 Å². The maximum atomic E-state index is 4.45. The minimum Gasteiger partial charge on any atom is -0.310 e. The normalized spacial score (nSPS) is 14.6. The Bertz CT molecular complexity index is 3150. The van der Waals surface area contributed by atoms with Gasteiger partial charge in [-0.2, -0.15) is 0 Å². The standard InChI is InChI=1S/C58H47N/c1-6-43-47(44-19-10-7-16-36(44)2)23-15-25-56(43)59(42-29-31-55-53(34-42)48-22-13-14-24-54(48)58(55,4)5)41-28-26-38-27-30-49-52(51(38)33-41)35-50-37(3)57(49)46-21-12-9-18-40(46)32-39-17-8-11-20-45(39)50/h6-13,15-23,25-31,33-35H,1,14,24,32H2,2-5H3. The van der Waals surface area contributed by atoms with E-state index in [0.29, 0.717) is 0 Å². The van der Waals surface area contributed by atoms with Crippen molar-refractivity contribution in [3.63, 3.8) is 0 Å². The van der Waals surface area contributed by atoms with E-state index in [-0.39, 0.29) is 5.41 Å². The number of hydrogen-bond donors (Lipinski definition) is 0. The number of hydrogen-bond acceptors (Lipinski definition) is 1. The van der Waals surface area contributed by atoms with E-state index in [9.17, 15) is 0 Å². The molecule has 0 heterocycles. The zero-order chi connectivity index (χ0) is 40.0. The summed E-state index contributed by atoms with van der Waals surface area (Å²) in [4.78, 5) is 2.49. The molecule has 3 aliphatic carbocycles. The smallest absolute Gasteiger partial charge is 0.0540 e. The van der Waals surface area contributed by atoms with Crippen LogP contribution in [0.5, 0.6) is 0 Å². The molecular formula is C58H47N. The lowest BCUT2D eigenvalue weighted by molar-refractivity contribution is 0.607. The highest BCUT2D eigenvalue weighted by molar-refractivity contribution is 6.16. The van der Waals surface area contributed by atoms with E-state index >= 15 is 0 Å². The maximum absolute atomic E-state index is 4.45. The van der Waals surface area contributed by atoms with Gasteiger partial charge in [-0.1, -0.05) is 153 Å². The van der Waals surface area contributed by atoms with Gasteiger partial charge in [0.2, 0.25) is 0 Å². The number of allylic oxidation sites excluding steroid dienone is 4. The molecule has 2 bridgehead atoms. The van der Waals surface area contributed by atoms with Gasteiger partial charge in [-0.25, -0.2) is 0 Å². The van der Waals surface area contributed by atoms with Gasteiger partial charge in [0, 0.05) is 22.4 Å². The minimum absolute atomic E-state index is 0.00500. The quantitative estimate of drug-likeness (QED) is 0.158. The lowest BCUT2D eigenvalue weighted by Gasteiger charge is -2.30. The molecule has 8 aromatic rings. The molecule has 0 saturated heterocycles. The van der Waals surface area contributed by atoms with Crippen LogP contribution in [0.4, 0.5) is 17.1 Å². The molecule has 11 rings (SSSR count). The topological polar surface area (TPSA) is 3.24 Å². The highest BCUT2D eigenvalue weighted by atomic mass is 15.1. The van der Waals surface area contributed by atoms with Crippen molar-refractivity contribution in [2.45, 2.75) is 52.4 Å². The van der Waals surface area contributed by atoms with E-state index < -0.39 is 0 Å². The predicted molar refractivity (Wildman–Crippen MR) is 253 cm³/mol. The summed E-state index contributed by atoms with van der Waals surface area (Å²) in [5.41, 5.74) is 23.3. The van der Waals surface area contributed by atoms with Gasteiger partial charge in [-0.3, -0.25) is 0 Å². The highest BCUT2D eigenvalue weighted by Gasteiger charge is 2.38. The average Bonchev–Trinajstić information content (AvgIpc) is 3.49. The summed E-state index contributed by atoms with van der Waals surface area (Å²) in [6.45, 7) is 13.8. The number of nitrogens with zero attached hydrogens (tertiary/aromatic N) is 1. The summed E-state index contributed by atoms with van der Waals surface area (Å²) in [5.74, 6) is 0. The molecule has 0 radical (unpaired) electrons. The van der Waals surface area contributed by atoms with Gasteiger partial charge >= 0.3 is 0 Å². The molecule has 8 aromatic carbocycles. The number of aryl methyl sites for hydroxylation is 1. The van der Waals surface area contributed by atoms with Crippen LogP contribution >= 0.6 is 0 Å². The van der Waals surface area contributed by atoms with E-state index in [4.69, 9.17) is 0 Å². The molecule has 0 unspecified atom stereocenters. The third-order valence-electron chi connectivity index (χ3n) is 13.7. The molecule has 1 nitrogen and oxygen atoms in total. The second-order valence-corrected chi connectivity index (χ2v) is 17.3. The fraction of sp³-hybridized carbons (Fsp3) is 0.138. The fourth-order valence-corrected chi connectivity index (χ4v) is 10.8. The Morgan fingerprint density at radius 1 is 0.593 bits per heavy atom. The number of fused-ring (bicyclic) bond motifs is 12. The van der Waals surface area contributed by atoms with Crippen LogP contribution in [-0.2, 0) is 11.8 Å². The first-order chi connectivity index (χ1) is 28.8. The van der Waals surface area contributed by atoms with Crippen molar-refractivity contribution < 1.29 is 0 Å². The first kappa shape index (κ1) is 35.5. The van der Waals surface area contributed by atoms with Gasteiger partial charge in [0.1, 0.15) is 0 Å². The molecule has 0 N–H and O–H groups in total. The Morgan fingerprint density at radius 3 is 2.10 bits per heavy atom. The van der Waals surface area contributed by atoms with Crippen molar-refractivity contribution in [3.8, 4) is 33.4 Å².